The van der Waals surface area contributed by atoms with E-state index in [4.69, 9.17) is 13.9 Å². The lowest BCUT2D eigenvalue weighted by Crippen LogP contribution is -2.49. The molecule has 1 amide bonds. The lowest BCUT2D eigenvalue weighted by Gasteiger charge is -2.38. The average Bonchev–Trinajstić information content (AvgIpc) is 3.52. The van der Waals surface area contributed by atoms with Gasteiger partial charge >= 0.3 is 0 Å². The molecule has 2 aliphatic heterocycles. The third kappa shape index (κ3) is 4.44. The van der Waals surface area contributed by atoms with Gasteiger partial charge in [0, 0.05) is 37.8 Å². The SMILES string of the molecule is CC(c1ccccc1)N1CCN(C(=O)CSc2nnc(-c3ccc4c(c3)OCO4)o2)CC1. The van der Waals surface area contributed by atoms with Crippen LogP contribution in [0.25, 0.3) is 11.5 Å². The number of aromatic nitrogens is 2. The van der Waals surface area contributed by atoms with E-state index in [0.29, 0.717) is 28.7 Å². The molecule has 166 valence electrons. The van der Waals surface area contributed by atoms with Crippen molar-refractivity contribution in [2.45, 2.75) is 18.2 Å². The van der Waals surface area contributed by atoms with Crippen LogP contribution < -0.4 is 9.47 Å². The summed E-state index contributed by atoms with van der Waals surface area (Å²) in [5.74, 6) is 2.11. The Labute approximate surface area is 190 Å². The molecule has 0 saturated carbocycles. The Morgan fingerprint density at radius 3 is 2.62 bits per heavy atom. The fraction of sp³-hybridized carbons (Fsp3) is 0.348. The topological polar surface area (TPSA) is 80.9 Å². The van der Waals surface area contributed by atoms with Crippen LogP contribution in [0.5, 0.6) is 11.5 Å². The summed E-state index contributed by atoms with van der Waals surface area (Å²) in [6.07, 6.45) is 0. The number of carbonyl (C=O) groups excluding carboxylic acids is 1. The normalized spacial score (nSPS) is 16.8. The standard InChI is InChI=1S/C23H24N4O4S/c1-16(17-5-3-2-4-6-17)26-9-11-27(12-10-26)21(28)14-32-23-25-24-22(31-23)18-7-8-19-20(13-18)30-15-29-19/h2-8,13,16H,9-12,14-15H2,1H3. The summed E-state index contributed by atoms with van der Waals surface area (Å²) in [7, 11) is 0. The third-order valence-electron chi connectivity index (χ3n) is 5.84. The van der Waals surface area contributed by atoms with Gasteiger partial charge in [0.2, 0.25) is 18.6 Å². The lowest BCUT2D eigenvalue weighted by atomic mass is 10.1. The number of thioether (sulfide) groups is 1. The number of hydrogen-bond acceptors (Lipinski definition) is 8. The highest BCUT2D eigenvalue weighted by molar-refractivity contribution is 7.99. The molecule has 8 nitrogen and oxygen atoms in total. The summed E-state index contributed by atoms with van der Waals surface area (Å²) >= 11 is 1.27. The molecule has 2 aromatic carbocycles. The molecule has 2 aliphatic rings. The van der Waals surface area contributed by atoms with Crippen molar-refractivity contribution in [2.75, 3.05) is 38.7 Å². The lowest BCUT2D eigenvalue weighted by molar-refractivity contribution is -0.130. The van der Waals surface area contributed by atoms with E-state index in [2.05, 4.69) is 46.3 Å². The number of fused-ring (bicyclic) bond motifs is 1. The fourth-order valence-corrected chi connectivity index (χ4v) is 4.60. The van der Waals surface area contributed by atoms with E-state index in [9.17, 15) is 4.79 Å². The minimum Gasteiger partial charge on any atom is -0.454 e. The van der Waals surface area contributed by atoms with Gasteiger partial charge in [-0.2, -0.15) is 0 Å². The van der Waals surface area contributed by atoms with Crippen molar-refractivity contribution in [3.05, 3.63) is 54.1 Å². The summed E-state index contributed by atoms with van der Waals surface area (Å²) in [5, 5.41) is 8.54. The molecule has 1 atom stereocenters. The largest absolute Gasteiger partial charge is 0.454 e. The predicted molar refractivity (Wildman–Crippen MR) is 120 cm³/mol. The molecule has 0 aliphatic carbocycles. The van der Waals surface area contributed by atoms with Gasteiger partial charge in [-0.25, -0.2) is 0 Å². The number of hydrogen-bond donors (Lipinski definition) is 0. The Balaban J connectivity index is 1.12. The first-order chi connectivity index (χ1) is 15.7. The zero-order chi connectivity index (χ0) is 21.9. The van der Waals surface area contributed by atoms with Crippen molar-refractivity contribution in [1.29, 1.82) is 0 Å². The number of nitrogens with zero attached hydrogens (tertiary/aromatic N) is 4. The zero-order valence-corrected chi connectivity index (χ0v) is 18.6. The maximum atomic E-state index is 12.7. The van der Waals surface area contributed by atoms with Crippen LogP contribution in [0.4, 0.5) is 0 Å². The molecular formula is C23H24N4O4S. The number of rotatable bonds is 6. The highest BCUT2D eigenvalue weighted by Crippen LogP contribution is 2.36. The van der Waals surface area contributed by atoms with Crippen molar-refractivity contribution in [3.8, 4) is 23.0 Å². The number of amides is 1. The summed E-state index contributed by atoms with van der Waals surface area (Å²) in [6, 6.07) is 16.3. The second-order valence-electron chi connectivity index (χ2n) is 7.73. The van der Waals surface area contributed by atoms with Gasteiger partial charge in [-0.15, -0.1) is 10.2 Å². The summed E-state index contributed by atoms with van der Waals surface area (Å²) in [4.78, 5) is 17.0. The minimum atomic E-state index is 0.0878. The van der Waals surface area contributed by atoms with Gasteiger partial charge in [-0.1, -0.05) is 42.1 Å². The molecule has 32 heavy (non-hydrogen) atoms. The Bertz CT molecular complexity index is 1080. The maximum Gasteiger partial charge on any atom is 0.277 e. The van der Waals surface area contributed by atoms with Crippen molar-refractivity contribution in [1.82, 2.24) is 20.0 Å². The van der Waals surface area contributed by atoms with Gasteiger partial charge in [0.15, 0.2) is 11.5 Å². The summed E-state index contributed by atoms with van der Waals surface area (Å²) < 4.78 is 16.4. The van der Waals surface area contributed by atoms with Crippen molar-refractivity contribution in [2.24, 2.45) is 0 Å². The van der Waals surface area contributed by atoms with Gasteiger partial charge in [-0.3, -0.25) is 9.69 Å². The first kappa shape index (κ1) is 20.8. The van der Waals surface area contributed by atoms with E-state index in [1.165, 1.54) is 17.3 Å². The van der Waals surface area contributed by atoms with Crippen LogP contribution in [0.2, 0.25) is 0 Å². The zero-order valence-electron chi connectivity index (χ0n) is 17.8. The summed E-state index contributed by atoms with van der Waals surface area (Å²) in [6.45, 7) is 5.61. The fourth-order valence-electron chi connectivity index (χ4n) is 3.93. The molecule has 9 heteroatoms. The minimum absolute atomic E-state index is 0.0878. The predicted octanol–water partition coefficient (Wildman–Crippen LogP) is 3.46. The van der Waals surface area contributed by atoms with Crippen LogP contribution in [-0.2, 0) is 4.79 Å². The highest BCUT2D eigenvalue weighted by Gasteiger charge is 2.25. The second-order valence-corrected chi connectivity index (χ2v) is 8.66. The van der Waals surface area contributed by atoms with Gasteiger partial charge in [0.25, 0.3) is 5.22 Å². The molecule has 0 spiro atoms. The Morgan fingerprint density at radius 2 is 1.81 bits per heavy atom. The molecule has 0 radical (unpaired) electrons. The Morgan fingerprint density at radius 1 is 1.03 bits per heavy atom. The van der Waals surface area contributed by atoms with Crippen LogP contribution in [0, 0.1) is 0 Å². The number of piperazine rings is 1. The van der Waals surface area contributed by atoms with Gasteiger partial charge < -0.3 is 18.8 Å². The Hall–Kier alpha value is -3.04. The van der Waals surface area contributed by atoms with Crippen molar-refractivity contribution in [3.63, 3.8) is 0 Å². The van der Waals surface area contributed by atoms with Crippen LogP contribution >= 0.6 is 11.8 Å². The molecule has 0 N–H and O–H groups in total. The molecule has 5 rings (SSSR count). The average molecular weight is 453 g/mol. The van der Waals surface area contributed by atoms with Crippen molar-refractivity contribution >= 4 is 17.7 Å². The van der Waals surface area contributed by atoms with Gasteiger partial charge in [-0.05, 0) is 30.7 Å². The monoisotopic (exact) mass is 452 g/mol. The van der Waals surface area contributed by atoms with E-state index < -0.39 is 0 Å². The second kappa shape index (κ2) is 9.22. The molecule has 1 fully saturated rings. The molecular weight excluding hydrogens is 428 g/mol. The molecule has 1 saturated heterocycles. The number of carbonyl (C=O) groups is 1. The van der Waals surface area contributed by atoms with Crippen LogP contribution in [-0.4, -0.2) is 64.6 Å². The molecule has 1 aromatic heterocycles. The van der Waals surface area contributed by atoms with E-state index in [1.807, 2.05) is 29.2 Å². The highest BCUT2D eigenvalue weighted by atomic mass is 32.2. The molecule has 3 heterocycles. The van der Waals surface area contributed by atoms with Crippen molar-refractivity contribution < 1.29 is 18.7 Å². The van der Waals surface area contributed by atoms with Crippen LogP contribution in [0.15, 0.2) is 58.2 Å². The van der Waals surface area contributed by atoms with Crippen LogP contribution in [0.1, 0.15) is 18.5 Å². The first-order valence-electron chi connectivity index (χ1n) is 10.6. The van der Waals surface area contributed by atoms with E-state index in [-0.39, 0.29) is 18.5 Å². The maximum absolute atomic E-state index is 12.7. The van der Waals surface area contributed by atoms with Gasteiger partial charge in [0.1, 0.15) is 0 Å². The number of benzene rings is 2. The quantitative estimate of drug-likeness (QED) is 0.526. The molecule has 0 bridgehead atoms. The first-order valence-corrected chi connectivity index (χ1v) is 11.6. The van der Waals surface area contributed by atoms with E-state index >= 15 is 0 Å². The smallest absolute Gasteiger partial charge is 0.277 e. The van der Waals surface area contributed by atoms with Crippen LogP contribution in [0.3, 0.4) is 0 Å². The Kier molecular flexibility index (Phi) is 6.00. The summed E-state index contributed by atoms with van der Waals surface area (Å²) in [5.41, 5.74) is 2.06. The van der Waals surface area contributed by atoms with Gasteiger partial charge in [0.05, 0.1) is 5.75 Å². The molecule has 1 unspecified atom stereocenters. The number of ether oxygens (including phenoxy) is 2. The molecule has 3 aromatic rings. The van der Waals surface area contributed by atoms with E-state index in [0.717, 1.165) is 31.7 Å². The van der Waals surface area contributed by atoms with E-state index in [1.54, 1.807) is 0 Å². The third-order valence-corrected chi connectivity index (χ3v) is 6.64.